The second-order valence-corrected chi connectivity index (χ2v) is 4.48. The first-order valence-corrected chi connectivity index (χ1v) is 5.86. The van der Waals surface area contributed by atoms with Crippen molar-refractivity contribution in [1.29, 1.82) is 5.41 Å². The zero-order valence-corrected chi connectivity index (χ0v) is 10.8. The van der Waals surface area contributed by atoms with E-state index in [9.17, 15) is 4.39 Å². The summed E-state index contributed by atoms with van der Waals surface area (Å²) < 4.78 is 19.3. The van der Waals surface area contributed by atoms with Crippen molar-refractivity contribution in [3.8, 4) is 11.5 Å². The van der Waals surface area contributed by atoms with Gasteiger partial charge in [-0.15, -0.1) is 0 Å². The van der Waals surface area contributed by atoms with Gasteiger partial charge in [0.1, 0.15) is 11.6 Å². The van der Waals surface area contributed by atoms with Gasteiger partial charge in [0.2, 0.25) is 0 Å². The molecule has 0 saturated carbocycles. The van der Waals surface area contributed by atoms with Crippen molar-refractivity contribution < 1.29 is 9.13 Å². The van der Waals surface area contributed by atoms with Gasteiger partial charge in [-0.25, -0.2) is 4.39 Å². The summed E-state index contributed by atoms with van der Waals surface area (Å²) in [6.07, 6.45) is 0. The number of ether oxygens (including phenoxy) is 1. The number of amidine groups is 1. The summed E-state index contributed by atoms with van der Waals surface area (Å²) in [6.45, 7) is 3.91. The molecule has 2 aromatic carbocycles. The van der Waals surface area contributed by atoms with Gasteiger partial charge >= 0.3 is 0 Å². The molecule has 0 aliphatic rings. The summed E-state index contributed by atoms with van der Waals surface area (Å²) in [5, 5.41) is 7.25. The number of aryl methyl sites for hydroxylation is 2. The molecule has 2 rings (SSSR count). The van der Waals surface area contributed by atoms with E-state index >= 15 is 0 Å². The summed E-state index contributed by atoms with van der Waals surface area (Å²) in [5.41, 5.74) is 7.74. The molecule has 0 aliphatic heterocycles. The Morgan fingerprint density at radius 3 is 2.26 bits per heavy atom. The largest absolute Gasteiger partial charge is 0.454 e. The van der Waals surface area contributed by atoms with Crippen LogP contribution >= 0.6 is 0 Å². The van der Waals surface area contributed by atoms with Crippen LogP contribution in [0.5, 0.6) is 11.5 Å². The quantitative estimate of drug-likeness (QED) is 0.653. The molecule has 0 fully saturated rings. The molecule has 0 spiro atoms. The first kappa shape index (κ1) is 13.1. The molecule has 0 amide bonds. The predicted octanol–water partition coefficient (Wildman–Crippen LogP) is 3.52. The van der Waals surface area contributed by atoms with Gasteiger partial charge in [-0.2, -0.15) is 0 Å². The van der Waals surface area contributed by atoms with E-state index in [0.717, 1.165) is 11.1 Å². The Labute approximate surface area is 111 Å². The normalized spacial score (nSPS) is 10.3. The van der Waals surface area contributed by atoms with Gasteiger partial charge in [-0.3, -0.25) is 5.41 Å². The number of halogens is 1. The second-order valence-electron chi connectivity index (χ2n) is 4.48. The van der Waals surface area contributed by atoms with Crippen molar-refractivity contribution >= 4 is 5.84 Å². The lowest BCUT2D eigenvalue weighted by Crippen LogP contribution is -2.11. The lowest BCUT2D eigenvalue weighted by molar-refractivity contribution is 0.441. The SMILES string of the molecule is Cc1cc(C)cc(Oc2ccc(C(=N)N)cc2F)c1. The minimum atomic E-state index is -0.535. The summed E-state index contributed by atoms with van der Waals surface area (Å²) in [4.78, 5) is 0. The van der Waals surface area contributed by atoms with Gasteiger partial charge in [0.05, 0.1) is 0 Å². The molecule has 0 aromatic heterocycles. The highest BCUT2D eigenvalue weighted by Gasteiger charge is 2.08. The minimum absolute atomic E-state index is 0.120. The van der Waals surface area contributed by atoms with E-state index in [-0.39, 0.29) is 11.6 Å². The van der Waals surface area contributed by atoms with Crippen LogP contribution in [0.4, 0.5) is 4.39 Å². The van der Waals surface area contributed by atoms with Crippen LogP contribution in [0.1, 0.15) is 16.7 Å². The molecule has 0 unspecified atom stereocenters. The first-order chi connectivity index (χ1) is 8.95. The number of hydrogen-bond acceptors (Lipinski definition) is 2. The molecule has 19 heavy (non-hydrogen) atoms. The topological polar surface area (TPSA) is 59.1 Å². The van der Waals surface area contributed by atoms with Crippen LogP contribution in [0.2, 0.25) is 0 Å². The fourth-order valence-electron chi connectivity index (χ4n) is 1.87. The highest BCUT2D eigenvalue weighted by atomic mass is 19.1. The van der Waals surface area contributed by atoms with E-state index in [4.69, 9.17) is 15.9 Å². The third-order valence-electron chi connectivity index (χ3n) is 2.67. The number of rotatable bonds is 3. The fraction of sp³-hybridized carbons (Fsp3) is 0.133. The average molecular weight is 258 g/mol. The van der Waals surface area contributed by atoms with Crippen molar-refractivity contribution in [2.75, 3.05) is 0 Å². The highest BCUT2D eigenvalue weighted by Crippen LogP contribution is 2.26. The molecule has 0 aliphatic carbocycles. The molecule has 98 valence electrons. The van der Waals surface area contributed by atoms with Crippen molar-refractivity contribution in [3.05, 3.63) is 58.9 Å². The van der Waals surface area contributed by atoms with Crippen LogP contribution in [0.25, 0.3) is 0 Å². The standard InChI is InChI=1S/C15H15FN2O/c1-9-5-10(2)7-12(6-9)19-14-4-3-11(15(17)18)8-13(14)16/h3-8H,1-2H3,(H3,17,18). The highest BCUT2D eigenvalue weighted by molar-refractivity contribution is 5.95. The number of nitrogens with two attached hydrogens (primary N) is 1. The lowest BCUT2D eigenvalue weighted by Gasteiger charge is -2.09. The molecule has 3 nitrogen and oxygen atoms in total. The van der Waals surface area contributed by atoms with Gasteiger partial charge in [0.15, 0.2) is 11.6 Å². The predicted molar refractivity (Wildman–Crippen MR) is 73.4 cm³/mol. The summed E-state index contributed by atoms with van der Waals surface area (Å²) in [6, 6.07) is 9.92. The Morgan fingerprint density at radius 2 is 1.74 bits per heavy atom. The molecule has 0 radical (unpaired) electrons. The average Bonchev–Trinajstić information content (AvgIpc) is 2.30. The Morgan fingerprint density at radius 1 is 1.11 bits per heavy atom. The molecule has 0 saturated heterocycles. The van der Waals surface area contributed by atoms with Crippen molar-refractivity contribution in [2.45, 2.75) is 13.8 Å². The van der Waals surface area contributed by atoms with Crippen LogP contribution in [-0.2, 0) is 0 Å². The maximum Gasteiger partial charge on any atom is 0.166 e. The van der Waals surface area contributed by atoms with Crippen LogP contribution in [0.15, 0.2) is 36.4 Å². The molecule has 2 aromatic rings. The van der Waals surface area contributed by atoms with Crippen LogP contribution in [-0.4, -0.2) is 5.84 Å². The van der Waals surface area contributed by atoms with Gasteiger partial charge in [-0.1, -0.05) is 6.07 Å². The van der Waals surface area contributed by atoms with Gasteiger partial charge in [0.25, 0.3) is 0 Å². The maximum absolute atomic E-state index is 13.8. The Kier molecular flexibility index (Phi) is 3.51. The summed E-state index contributed by atoms with van der Waals surface area (Å²) in [5.74, 6) is 0.00526. The van der Waals surface area contributed by atoms with Gasteiger partial charge in [0, 0.05) is 5.56 Å². The van der Waals surface area contributed by atoms with Crippen LogP contribution in [0, 0.1) is 25.1 Å². The molecule has 3 N–H and O–H groups in total. The third-order valence-corrected chi connectivity index (χ3v) is 2.67. The second kappa shape index (κ2) is 5.10. The van der Waals surface area contributed by atoms with Gasteiger partial charge < -0.3 is 10.5 Å². The van der Waals surface area contributed by atoms with E-state index < -0.39 is 5.82 Å². The lowest BCUT2D eigenvalue weighted by atomic mass is 10.1. The molecular weight excluding hydrogens is 243 g/mol. The Balaban J connectivity index is 2.30. The van der Waals surface area contributed by atoms with E-state index in [1.165, 1.54) is 12.1 Å². The fourth-order valence-corrected chi connectivity index (χ4v) is 1.87. The summed E-state index contributed by atoms with van der Waals surface area (Å²) >= 11 is 0. The smallest absolute Gasteiger partial charge is 0.166 e. The van der Waals surface area contributed by atoms with Crippen molar-refractivity contribution in [2.24, 2.45) is 5.73 Å². The monoisotopic (exact) mass is 258 g/mol. The molecular formula is C15H15FN2O. The van der Waals surface area contributed by atoms with E-state index in [1.807, 2.05) is 32.0 Å². The van der Waals surface area contributed by atoms with Crippen molar-refractivity contribution in [3.63, 3.8) is 0 Å². The number of hydrogen-bond donors (Lipinski definition) is 2. The summed E-state index contributed by atoms with van der Waals surface area (Å²) in [7, 11) is 0. The van der Waals surface area contributed by atoms with Crippen LogP contribution in [0.3, 0.4) is 0 Å². The molecule has 0 bridgehead atoms. The maximum atomic E-state index is 13.8. The first-order valence-electron chi connectivity index (χ1n) is 5.86. The van der Waals surface area contributed by atoms with Crippen LogP contribution < -0.4 is 10.5 Å². The molecule has 0 atom stereocenters. The number of nitrogen functional groups attached to an aromatic ring is 1. The minimum Gasteiger partial charge on any atom is -0.454 e. The van der Waals surface area contributed by atoms with E-state index in [0.29, 0.717) is 11.3 Å². The Hall–Kier alpha value is -2.36. The number of nitrogens with one attached hydrogen (secondary N) is 1. The van der Waals surface area contributed by atoms with E-state index in [2.05, 4.69) is 0 Å². The van der Waals surface area contributed by atoms with Gasteiger partial charge in [-0.05, 0) is 55.3 Å². The zero-order chi connectivity index (χ0) is 14.0. The molecule has 0 heterocycles. The molecule has 4 heteroatoms. The van der Waals surface area contributed by atoms with E-state index in [1.54, 1.807) is 6.07 Å². The third kappa shape index (κ3) is 3.10. The Bertz CT molecular complexity index is 618. The number of benzene rings is 2. The van der Waals surface area contributed by atoms with Crippen molar-refractivity contribution in [1.82, 2.24) is 0 Å². The zero-order valence-electron chi connectivity index (χ0n) is 10.8.